The number of non-ortho nitro benzene ring substituents is 1. The van der Waals surface area contributed by atoms with Gasteiger partial charge in [-0.2, -0.15) is 0 Å². The smallest absolute Gasteiger partial charge is 0.298 e. The molecule has 2 aromatic rings. The summed E-state index contributed by atoms with van der Waals surface area (Å²) >= 11 is 0.756. The van der Waals surface area contributed by atoms with Crippen molar-refractivity contribution in [2.24, 2.45) is 0 Å². The summed E-state index contributed by atoms with van der Waals surface area (Å²) in [4.78, 5) is 36.0. The Bertz CT molecular complexity index is 876. The van der Waals surface area contributed by atoms with Crippen LogP contribution in [0.1, 0.15) is 5.56 Å². The van der Waals surface area contributed by atoms with Crippen molar-refractivity contribution in [2.45, 2.75) is 0 Å². The van der Waals surface area contributed by atoms with Gasteiger partial charge >= 0.3 is 0 Å². The lowest BCUT2D eigenvalue weighted by Crippen LogP contribution is -2.27. The first-order valence-corrected chi connectivity index (χ1v) is 7.59. The molecule has 1 N–H and O–H groups in total. The van der Waals surface area contributed by atoms with Crippen LogP contribution in [0, 0.1) is 10.1 Å². The van der Waals surface area contributed by atoms with Crippen molar-refractivity contribution < 1.29 is 19.6 Å². The van der Waals surface area contributed by atoms with E-state index in [1.54, 1.807) is 6.07 Å². The molecular weight excluding hydrogens is 332 g/mol. The quantitative estimate of drug-likeness (QED) is 0.520. The van der Waals surface area contributed by atoms with Gasteiger partial charge in [0, 0.05) is 12.1 Å². The molecule has 120 valence electrons. The van der Waals surface area contributed by atoms with Gasteiger partial charge in [0.15, 0.2) is 0 Å². The van der Waals surface area contributed by atoms with Gasteiger partial charge < -0.3 is 5.11 Å². The Kier molecular flexibility index (Phi) is 4.05. The predicted octanol–water partition coefficient (Wildman–Crippen LogP) is 3.54. The van der Waals surface area contributed by atoms with Crippen LogP contribution in [-0.2, 0) is 4.79 Å². The number of carbonyl (C=O) groups excluding carboxylic acids is 2. The van der Waals surface area contributed by atoms with Crippen molar-refractivity contribution in [2.75, 3.05) is 4.90 Å². The van der Waals surface area contributed by atoms with E-state index in [-0.39, 0.29) is 16.3 Å². The summed E-state index contributed by atoms with van der Waals surface area (Å²) in [6, 6.07) is 11.5. The lowest BCUT2D eigenvalue weighted by Gasteiger charge is -2.12. The van der Waals surface area contributed by atoms with E-state index in [0.717, 1.165) is 16.7 Å². The summed E-state index contributed by atoms with van der Waals surface area (Å²) in [6.45, 7) is 0. The van der Waals surface area contributed by atoms with Crippen LogP contribution >= 0.6 is 11.8 Å². The number of amides is 2. The maximum absolute atomic E-state index is 12.4. The first kappa shape index (κ1) is 15.8. The Morgan fingerprint density at radius 3 is 2.50 bits per heavy atom. The normalized spacial score (nSPS) is 16.0. The summed E-state index contributed by atoms with van der Waals surface area (Å²) in [5.41, 5.74) is 0.708. The highest BCUT2D eigenvalue weighted by Crippen LogP contribution is 2.36. The third kappa shape index (κ3) is 2.99. The van der Waals surface area contributed by atoms with Crippen LogP contribution < -0.4 is 4.90 Å². The van der Waals surface area contributed by atoms with Gasteiger partial charge in [0.1, 0.15) is 5.75 Å². The maximum atomic E-state index is 12.4. The zero-order valence-electron chi connectivity index (χ0n) is 12.1. The zero-order chi connectivity index (χ0) is 17.3. The number of phenolic OH excluding ortho intramolecular Hbond substituents is 1. The second-order valence-electron chi connectivity index (χ2n) is 4.89. The highest BCUT2D eigenvalue weighted by molar-refractivity contribution is 8.19. The Labute approximate surface area is 140 Å². The molecule has 0 bridgehead atoms. The van der Waals surface area contributed by atoms with E-state index in [9.17, 15) is 24.8 Å². The van der Waals surface area contributed by atoms with Crippen molar-refractivity contribution in [3.05, 3.63) is 69.1 Å². The number of hydrogen-bond acceptors (Lipinski definition) is 6. The number of nitro groups is 1. The number of thioether (sulfide) groups is 1. The summed E-state index contributed by atoms with van der Waals surface area (Å²) in [5, 5.41) is 19.6. The summed E-state index contributed by atoms with van der Waals surface area (Å²) in [7, 11) is 0. The van der Waals surface area contributed by atoms with Gasteiger partial charge in [0.25, 0.3) is 16.8 Å². The minimum Gasteiger partial charge on any atom is -0.508 e. The van der Waals surface area contributed by atoms with Crippen molar-refractivity contribution in [3.8, 4) is 5.75 Å². The lowest BCUT2D eigenvalue weighted by molar-refractivity contribution is -0.384. The summed E-state index contributed by atoms with van der Waals surface area (Å²) in [6.07, 6.45) is 1.44. The van der Waals surface area contributed by atoms with Gasteiger partial charge in [-0.05, 0) is 47.7 Å². The number of hydrogen-bond donors (Lipinski definition) is 1. The van der Waals surface area contributed by atoms with Gasteiger partial charge in [-0.25, -0.2) is 4.90 Å². The predicted molar refractivity (Wildman–Crippen MR) is 89.7 cm³/mol. The molecule has 0 radical (unpaired) electrons. The number of anilines is 1. The lowest BCUT2D eigenvalue weighted by atomic mass is 10.2. The van der Waals surface area contributed by atoms with Crippen LogP contribution in [0.4, 0.5) is 16.2 Å². The first-order chi connectivity index (χ1) is 11.5. The first-order valence-electron chi connectivity index (χ1n) is 6.77. The topological polar surface area (TPSA) is 101 Å². The molecule has 7 nitrogen and oxygen atoms in total. The van der Waals surface area contributed by atoms with Crippen LogP contribution in [0.15, 0.2) is 53.4 Å². The molecule has 0 atom stereocenters. The minimum atomic E-state index is -0.528. The number of imide groups is 1. The minimum absolute atomic E-state index is 0.0258. The number of phenols is 1. The molecule has 8 heteroatoms. The SMILES string of the molecule is O=C1S/C(=C\c2cccc([N+](=O)[O-])c2)C(=O)N1c1ccc(O)cc1. The van der Waals surface area contributed by atoms with Gasteiger partial charge in [-0.3, -0.25) is 19.7 Å². The monoisotopic (exact) mass is 342 g/mol. The van der Waals surface area contributed by atoms with E-state index in [4.69, 9.17) is 0 Å². The van der Waals surface area contributed by atoms with Crippen molar-refractivity contribution in [3.63, 3.8) is 0 Å². The fraction of sp³-hybridized carbons (Fsp3) is 0. The molecule has 0 unspecified atom stereocenters. The number of rotatable bonds is 3. The Balaban J connectivity index is 1.92. The van der Waals surface area contributed by atoms with Crippen LogP contribution in [0.2, 0.25) is 0 Å². The van der Waals surface area contributed by atoms with Gasteiger partial charge in [-0.15, -0.1) is 0 Å². The van der Waals surface area contributed by atoms with Crippen LogP contribution in [0.3, 0.4) is 0 Å². The fourth-order valence-electron chi connectivity index (χ4n) is 2.17. The molecule has 1 aliphatic rings. The van der Waals surface area contributed by atoms with E-state index in [1.165, 1.54) is 48.5 Å². The number of carbonyl (C=O) groups is 2. The van der Waals surface area contributed by atoms with Gasteiger partial charge in [0.2, 0.25) is 0 Å². The molecule has 1 heterocycles. The molecule has 0 aliphatic carbocycles. The van der Waals surface area contributed by atoms with Crippen LogP contribution in [0.25, 0.3) is 6.08 Å². The molecule has 2 aromatic carbocycles. The van der Waals surface area contributed by atoms with Gasteiger partial charge in [0.05, 0.1) is 15.5 Å². The number of benzene rings is 2. The van der Waals surface area contributed by atoms with Crippen molar-refractivity contribution >= 4 is 40.4 Å². The molecule has 0 saturated carbocycles. The molecule has 1 saturated heterocycles. The van der Waals surface area contributed by atoms with Crippen molar-refractivity contribution in [1.82, 2.24) is 0 Å². The molecular formula is C16H10N2O5S. The van der Waals surface area contributed by atoms with E-state index < -0.39 is 16.1 Å². The third-order valence-corrected chi connectivity index (χ3v) is 4.15. The average molecular weight is 342 g/mol. The van der Waals surface area contributed by atoms with Crippen molar-refractivity contribution in [1.29, 1.82) is 0 Å². The zero-order valence-corrected chi connectivity index (χ0v) is 12.9. The molecule has 1 aliphatic heterocycles. The standard InChI is InChI=1S/C16H10N2O5S/c19-13-6-4-11(5-7-13)17-15(20)14(24-16(17)21)9-10-2-1-3-12(8-10)18(22)23/h1-9,19H/b14-9-. The van der Waals surface area contributed by atoms with Gasteiger partial charge in [-0.1, -0.05) is 12.1 Å². The number of nitrogens with zero attached hydrogens (tertiary/aromatic N) is 2. The number of aromatic hydroxyl groups is 1. The second-order valence-corrected chi connectivity index (χ2v) is 5.88. The molecule has 2 amide bonds. The highest BCUT2D eigenvalue weighted by Gasteiger charge is 2.36. The molecule has 1 fully saturated rings. The van der Waals surface area contributed by atoms with E-state index in [0.29, 0.717) is 11.3 Å². The van der Waals surface area contributed by atoms with E-state index >= 15 is 0 Å². The largest absolute Gasteiger partial charge is 0.508 e. The Hall–Kier alpha value is -3.13. The highest BCUT2D eigenvalue weighted by atomic mass is 32.2. The number of nitro benzene ring substituents is 1. The molecule has 3 rings (SSSR count). The molecule has 0 aromatic heterocycles. The Morgan fingerprint density at radius 2 is 1.83 bits per heavy atom. The van der Waals surface area contributed by atoms with Crippen LogP contribution in [-0.4, -0.2) is 21.2 Å². The van der Waals surface area contributed by atoms with E-state index in [1.807, 2.05) is 0 Å². The summed E-state index contributed by atoms with van der Waals surface area (Å²) < 4.78 is 0. The fourth-order valence-corrected chi connectivity index (χ4v) is 3.01. The molecule has 24 heavy (non-hydrogen) atoms. The van der Waals surface area contributed by atoms with Crippen LogP contribution in [0.5, 0.6) is 5.75 Å². The third-order valence-electron chi connectivity index (χ3n) is 3.28. The summed E-state index contributed by atoms with van der Waals surface area (Å²) in [5.74, 6) is -0.486. The second kappa shape index (κ2) is 6.17. The van der Waals surface area contributed by atoms with E-state index in [2.05, 4.69) is 0 Å². The molecule has 0 spiro atoms. The Morgan fingerprint density at radius 1 is 1.12 bits per heavy atom. The average Bonchev–Trinajstić information content (AvgIpc) is 2.83. The maximum Gasteiger partial charge on any atom is 0.298 e.